The van der Waals surface area contributed by atoms with Gasteiger partial charge in [0.05, 0.1) is 5.56 Å². The average molecular weight is 294 g/mol. The monoisotopic (exact) mass is 294 g/mol. The lowest BCUT2D eigenvalue weighted by Gasteiger charge is -2.07. The van der Waals surface area contributed by atoms with Gasteiger partial charge >= 0.3 is 11.7 Å². The lowest BCUT2D eigenvalue weighted by atomic mass is 10.2. The van der Waals surface area contributed by atoms with Gasteiger partial charge in [0.2, 0.25) is 0 Å². The summed E-state index contributed by atoms with van der Waals surface area (Å²) >= 11 is 1.17. The molecule has 1 aromatic carbocycles. The van der Waals surface area contributed by atoms with Crippen LogP contribution >= 0.6 is 11.8 Å². The Labute approximate surface area is 118 Å². The SMILES string of the molecule is CCCn1c(Sc2cc(C(=O)O)ccc2N)n[nH]c1=O. The molecule has 0 aliphatic carbocycles. The molecule has 0 amide bonds. The van der Waals surface area contributed by atoms with E-state index in [0.29, 0.717) is 22.3 Å². The van der Waals surface area contributed by atoms with Crippen LogP contribution in [-0.2, 0) is 6.54 Å². The highest BCUT2D eigenvalue weighted by Gasteiger charge is 2.13. The number of nitrogen functional groups attached to an aromatic ring is 1. The Morgan fingerprint density at radius 2 is 2.30 bits per heavy atom. The molecule has 0 fully saturated rings. The van der Waals surface area contributed by atoms with Gasteiger partial charge in [0, 0.05) is 17.1 Å². The van der Waals surface area contributed by atoms with Crippen LogP contribution in [0.1, 0.15) is 23.7 Å². The first-order valence-corrected chi connectivity index (χ1v) is 6.80. The molecule has 1 heterocycles. The maximum atomic E-state index is 11.6. The predicted molar refractivity (Wildman–Crippen MR) is 75.1 cm³/mol. The zero-order valence-electron chi connectivity index (χ0n) is 10.8. The fraction of sp³-hybridized carbons (Fsp3) is 0.250. The van der Waals surface area contributed by atoms with E-state index in [1.165, 1.54) is 34.5 Å². The van der Waals surface area contributed by atoms with E-state index in [-0.39, 0.29) is 11.3 Å². The lowest BCUT2D eigenvalue weighted by molar-refractivity contribution is 0.0696. The van der Waals surface area contributed by atoms with Crippen LogP contribution in [0.25, 0.3) is 0 Å². The van der Waals surface area contributed by atoms with E-state index in [0.717, 1.165) is 6.42 Å². The number of aromatic amines is 1. The second-order valence-corrected chi connectivity index (χ2v) is 5.13. The quantitative estimate of drug-likeness (QED) is 0.718. The molecular formula is C12H14N4O3S. The van der Waals surface area contributed by atoms with Gasteiger partial charge in [-0.15, -0.1) is 5.10 Å². The van der Waals surface area contributed by atoms with Crippen molar-refractivity contribution < 1.29 is 9.90 Å². The minimum Gasteiger partial charge on any atom is -0.478 e. The van der Waals surface area contributed by atoms with E-state index in [1.807, 2.05) is 6.92 Å². The van der Waals surface area contributed by atoms with Crippen LogP contribution in [0.5, 0.6) is 0 Å². The first-order chi connectivity index (χ1) is 9.52. The smallest absolute Gasteiger partial charge is 0.343 e. The fourth-order valence-electron chi connectivity index (χ4n) is 1.66. The molecule has 0 aliphatic heterocycles. The van der Waals surface area contributed by atoms with E-state index < -0.39 is 5.97 Å². The van der Waals surface area contributed by atoms with Crippen LogP contribution in [0.4, 0.5) is 5.69 Å². The third-order valence-corrected chi connectivity index (χ3v) is 3.70. The van der Waals surface area contributed by atoms with E-state index in [1.54, 1.807) is 0 Å². The molecule has 2 rings (SSSR count). The van der Waals surface area contributed by atoms with Crippen molar-refractivity contribution in [2.24, 2.45) is 0 Å². The van der Waals surface area contributed by atoms with Crippen molar-refractivity contribution in [3.05, 3.63) is 34.2 Å². The van der Waals surface area contributed by atoms with Gasteiger partial charge in [-0.05, 0) is 36.4 Å². The molecule has 2 aromatic rings. The molecule has 7 nitrogen and oxygen atoms in total. The zero-order valence-corrected chi connectivity index (χ0v) is 11.6. The third kappa shape index (κ3) is 2.85. The molecule has 0 bridgehead atoms. The number of aromatic nitrogens is 3. The van der Waals surface area contributed by atoms with Crippen molar-refractivity contribution >= 4 is 23.4 Å². The Balaban J connectivity index is 2.37. The summed E-state index contributed by atoms with van der Waals surface area (Å²) in [7, 11) is 0. The topological polar surface area (TPSA) is 114 Å². The molecule has 20 heavy (non-hydrogen) atoms. The molecule has 8 heteroatoms. The summed E-state index contributed by atoms with van der Waals surface area (Å²) in [6, 6.07) is 4.43. The molecular weight excluding hydrogens is 280 g/mol. The van der Waals surface area contributed by atoms with E-state index in [2.05, 4.69) is 10.2 Å². The Kier molecular flexibility index (Phi) is 4.14. The average Bonchev–Trinajstić information content (AvgIpc) is 2.74. The summed E-state index contributed by atoms with van der Waals surface area (Å²) in [4.78, 5) is 23.1. The number of carboxylic acids is 1. The summed E-state index contributed by atoms with van der Waals surface area (Å²) < 4.78 is 1.50. The molecule has 0 saturated carbocycles. The van der Waals surface area contributed by atoms with Crippen LogP contribution in [0.15, 0.2) is 33.0 Å². The van der Waals surface area contributed by atoms with Gasteiger partial charge in [-0.25, -0.2) is 14.7 Å². The molecule has 106 valence electrons. The molecule has 0 saturated heterocycles. The van der Waals surface area contributed by atoms with Crippen molar-refractivity contribution in [2.45, 2.75) is 29.9 Å². The highest BCUT2D eigenvalue weighted by atomic mass is 32.2. The number of benzene rings is 1. The number of H-pyrrole nitrogens is 1. The van der Waals surface area contributed by atoms with Crippen LogP contribution in [-0.4, -0.2) is 25.8 Å². The molecule has 0 radical (unpaired) electrons. The largest absolute Gasteiger partial charge is 0.478 e. The van der Waals surface area contributed by atoms with Crippen LogP contribution < -0.4 is 11.4 Å². The van der Waals surface area contributed by atoms with Crippen molar-refractivity contribution in [2.75, 3.05) is 5.73 Å². The highest BCUT2D eigenvalue weighted by Crippen LogP contribution is 2.31. The maximum absolute atomic E-state index is 11.6. The van der Waals surface area contributed by atoms with Crippen LogP contribution in [0.3, 0.4) is 0 Å². The van der Waals surface area contributed by atoms with Crippen molar-refractivity contribution in [3.8, 4) is 0 Å². The minimum absolute atomic E-state index is 0.140. The second-order valence-electron chi connectivity index (χ2n) is 4.12. The predicted octanol–water partition coefficient (Wildman–Crippen LogP) is 1.41. The highest BCUT2D eigenvalue weighted by molar-refractivity contribution is 7.99. The van der Waals surface area contributed by atoms with E-state index in [4.69, 9.17) is 10.8 Å². The number of hydrogen-bond acceptors (Lipinski definition) is 5. The summed E-state index contributed by atoms with van der Waals surface area (Å²) in [5.41, 5.74) is 6.12. The van der Waals surface area contributed by atoms with Crippen molar-refractivity contribution in [1.29, 1.82) is 0 Å². The summed E-state index contributed by atoms with van der Waals surface area (Å²) in [6.45, 7) is 2.49. The molecule has 1 aromatic heterocycles. The standard InChI is InChI=1S/C12H14N4O3S/c1-2-5-16-11(19)14-15-12(16)20-9-6-7(10(17)18)3-4-8(9)13/h3-4,6H,2,5,13H2,1H3,(H,14,19)(H,17,18). The maximum Gasteiger partial charge on any atom is 0.343 e. The number of carbonyl (C=O) groups is 1. The van der Waals surface area contributed by atoms with Gasteiger partial charge < -0.3 is 10.8 Å². The van der Waals surface area contributed by atoms with Crippen LogP contribution in [0.2, 0.25) is 0 Å². The van der Waals surface area contributed by atoms with Gasteiger partial charge in [0.15, 0.2) is 5.16 Å². The van der Waals surface area contributed by atoms with Crippen molar-refractivity contribution in [3.63, 3.8) is 0 Å². The fourth-order valence-corrected chi connectivity index (χ4v) is 2.60. The first-order valence-electron chi connectivity index (χ1n) is 5.98. The van der Waals surface area contributed by atoms with Gasteiger partial charge in [0.1, 0.15) is 0 Å². The Hall–Kier alpha value is -2.22. The number of hydrogen-bond donors (Lipinski definition) is 3. The Morgan fingerprint density at radius 1 is 1.55 bits per heavy atom. The molecule has 4 N–H and O–H groups in total. The molecule has 0 unspecified atom stereocenters. The van der Waals surface area contributed by atoms with Gasteiger partial charge in [-0.1, -0.05) is 6.92 Å². The lowest BCUT2D eigenvalue weighted by Crippen LogP contribution is -2.17. The summed E-state index contributed by atoms with van der Waals surface area (Å²) in [5, 5.41) is 15.8. The summed E-state index contributed by atoms with van der Waals surface area (Å²) in [6.07, 6.45) is 0.789. The Bertz CT molecular complexity index is 692. The molecule has 0 atom stereocenters. The summed E-state index contributed by atoms with van der Waals surface area (Å²) in [5.74, 6) is -1.03. The zero-order chi connectivity index (χ0) is 14.7. The number of nitrogens with two attached hydrogens (primary N) is 1. The number of carboxylic acid groups (broad SMARTS) is 1. The normalized spacial score (nSPS) is 10.7. The third-order valence-electron chi connectivity index (χ3n) is 2.63. The number of aromatic carboxylic acids is 1. The Morgan fingerprint density at radius 3 is 2.95 bits per heavy atom. The number of nitrogens with zero attached hydrogens (tertiary/aromatic N) is 2. The number of nitrogens with one attached hydrogen (secondary N) is 1. The first kappa shape index (κ1) is 14.2. The second kappa shape index (κ2) is 5.83. The molecule has 0 spiro atoms. The van der Waals surface area contributed by atoms with E-state index >= 15 is 0 Å². The van der Waals surface area contributed by atoms with Gasteiger partial charge in [-0.3, -0.25) is 4.57 Å². The minimum atomic E-state index is -1.03. The van der Waals surface area contributed by atoms with Gasteiger partial charge in [-0.2, -0.15) is 0 Å². The van der Waals surface area contributed by atoms with Crippen molar-refractivity contribution in [1.82, 2.24) is 14.8 Å². The molecule has 0 aliphatic rings. The van der Waals surface area contributed by atoms with Gasteiger partial charge in [0.25, 0.3) is 0 Å². The van der Waals surface area contributed by atoms with E-state index in [9.17, 15) is 9.59 Å². The number of rotatable bonds is 5. The van der Waals surface area contributed by atoms with Crippen LogP contribution in [0, 0.1) is 0 Å². The number of anilines is 1.